The van der Waals surface area contributed by atoms with Crippen LogP contribution in [0.2, 0.25) is 0 Å². The summed E-state index contributed by atoms with van der Waals surface area (Å²) in [5.74, 6) is -0.155. The standard InChI is InChI=1S/C22H26N2O2/c1-3-17-9-11-20(12-10-17)23-21(25)19-8-5-13-24(15-19)22(26)18-7-4-6-16(2)14-18/h4,6-7,9-12,14,19H,3,5,8,13,15H2,1-2H3,(H,23,25)/t19-/m1/s1. The zero-order chi connectivity index (χ0) is 18.5. The van der Waals surface area contributed by atoms with Crippen LogP contribution in [-0.4, -0.2) is 29.8 Å². The largest absolute Gasteiger partial charge is 0.338 e. The van der Waals surface area contributed by atoms with Gasteiger partial charge in [-0.2, -0.15) is 0 Å². The quantitative estimate of drug-likeness (QED) is 0.904. The number of nitrogens with zero attached hydrogens (tertiary/aromatic N) is 1. The molecule has 4 nitrogen and oxygen atoms in total. The number of anilines is 1. The number of carbonyl (C=O) groups excluding carboxylic acids is 2. The van der Waals surface area contributed by atoms with Gasteiger partial charge in [0, 0.05) is 24.3 Å². The first-order valence-electron chi connectivity index (χ1n) is 9.32. The van der Waals surface area contributed by atoms with Crippen LogP contribution in [0.3, 0.4) is 0 Å². The molecule has 0 aliphatic carbocycles. The van der Waals surface area contributed by atoms with Crippen molar-refractivity contribution >= 4 is 17.5 Å². The van der Waals surface area contributed by atoms with Crippen molar-refractivity contribution in [3.05, 3.63) is 65.2 Å². The lowest BCUT2D eigenvalue weighted by Crippen LogP contribution is -2.43. The van der Waals surface area contributed by atoms with Crippen molar-refractivity contribution in [3.63, 3.8) is 0 Å². The Hall–Kier alpha value is -2.62. The topological polar surface area (TPSA) is 49.4 Å². The van der Waals surface area contributed by atoms with E-state index in [2.05, 4.69) is 12.2 Å². The number of carbonyl (C=O) groups is 2. The molecule has 0 unspecified atom stereocenters. The lowest BCUT2D eigenvalue weighted by molar-refractivity contribution is -0.121. The van der Waals surface area contributed by atoms with Gasteiger partial charge in [-0.05, 0) is 56.0 Å². The number of rotatable bonds is 4. The third-order valence-electron chi connectivity index (χ3n) is 4.97. The first-order valence-corrected chi connectivity index (χ1v) is 9.32. The van der Waals surface area contributed by atoms with Gasteiger partial charge in [-0.3, -0.25) is 9.59 Å². The van der Waals surface area contributed by atoms with Crippen molar-refractivity contribution in [3.8, 4) is 0 Å². The van der Waals surface area contributed by atoms with E-state index < -0.39 is 0 Å². The van der Waals surface area contributed by atoms with Crippen LogP contribution in [0, 0.1) is 12.8 Å². The second-order valence-corrected chi connectivity index (χ2v) is 7.00. The number of nitrogens with one attached hydrogen (secondary N) is 1. The zero-order valence-corrected chi connectivity index (χ0v) is 15.5. The maximum absolute atomic E-state index is 12.7. The van der Waals surface area contributed by atoms with Gasteiger partial charge >= 0.3 is 0 Å². The van der Waals surface area contributed by atoms with E-state index in [-0.39, 0.29) is 17.7 Å². The highest BCUT2D eigenvalue weighted by Crippen LogP contribution is 2.21. The molecule has 4 heteroatoms. The fourth-order valence-electron chi connectivity index (χ4n) is 3.40. The van der Waals surface area contributed by atoms with E-state index in [4.69, 9.17) is 0 Å². The van der Waals surface area contributed by atoms with Gasteiger partial charge in [0.25, 0.3) is 5.91 Å². The third-order valence-corrected chi connectivity index (χ3v) is 4.97. The minimum Gasteiger partial charge on any atom is -0.338 e. The summed E-state index contributed by atoms with van der Waals surface area (Å²) in [6, 6.07) is 15.6. The second-order valence-electron chi connectivity index (χ2n) is 7.00. The molecule has 2 aromatic carbocycles. The molecule has 1 aliphatic heterocycles. The van der Waals surface area contributed by atoms with Gasteiger partial charge < -0.3 is 10.2 Å². The molecule has 1 N–H and O–H groups in total. The van der Waals surface area contributed by atoms with Crippen LogP contribution in [0.25, 0.3) is 0 Å². The van der Waals surface area contributed by atoms with Crippen LogP contribution in [-0.2, 0) is 11.2 Å². The summed E-state index contributed by atoms with van der Waals surface area (Å²) in [5.41, 5.74) is 3.82. The predicted octanol–water partition coefficient (Wildman–Crippen LogP) is 4.05. The molecule has 1 atom stereocenters. The van der Waals surface area contributed by atoms with E-state index in [0.717, 1.165) is 30.5 Å². The van der Waals surface area contributed by atoms with Crippen molar-refractivity contribution in [1.29, 1.82) is 0 Å². The van der Waals surface area contributed by atoms with Crippen LogP contribution in [0.4, 0.5) is 5.69 Å². The van der Waals surface area contributed by atoms with E-state index in [0.29, 0.717) is 18.7 Å². The van der Waals surface area contributed by atoms with E-state index >= 15 is 0 Å². The highest BCUT2D eigenvalue weighted by molar-refractivity contribution is 5.96. The number of piperidine rings is 1. The van der Waals surface area contributed by atoms with Crippen molar-refractivity contribution in [2.75, 3.05) is 18.4 Å². The first-order chi connectivity index (χ1) is 12.6. The Morgan fingerprint density at radius 2 is 1.92 bits per heavy atom. The molecule has 0 spiro atoms. The summed E-state index contributed by atoms with van der Waals surface area (Å²) in [4.78, 5) is 27.2. The van der Waals surface area contributed by atoms with Gasteiger partial charge in [-0.1, -0.05) is 36.8 Å². The monoisotopic (exact) mass is 350 g/mol. The molecule has 1 heterocycles. The van der Waals surface area contributed by atoms with Crippen LogP contribution >= 0.6 is 0 Å². The van der Waals surface area contributed by atoms with Crippen molar-refractivity contribution in [2.24, 2.45) is 5.92 Å². The second kappa shape index (κ2) is 8.17. The minimum atomic E-state index is -0.164. The van der Waals surface area contributed by atoms with E-state index in [1.807, 2.05) is 60.4 Å². The highest BCUT2D eigenvalue weighted by atomic mass is 16.2. The maximum atomic E-state index is 12.7. The summed E-state index contributed by atoms with van der Waals surface area (Å²) in [7, 11) is 0. The average Bonchev–Trinajstić information content (AvgIpc) is 2.68. The summed E-state index contributed by atoms with van der Waals surface area (Å²) in [6.07, 6.45) is 2.65. The Morgan fingerprint density at radius 1 is 1.15 bits per heavy atom. The van der Waals surface area contributed by atoms with Crippen molar-refractivity contribution in [1.82, 2.24) is 4.90 Å². The fraction of sp³-hybridized carbons (Fsp3) is 0.364. The van der Waals surface area contributed by atoms with Gasteiger partial charge in [-0.25, -0.2) is 0 Å². The molecule has 0 aromatic heterocycles. The zero-order valence-electron chi connectivity index (χ0n) is 15.5. The van der Waals surface area contributed by atoms with Crippen molar-refractivity contribution in [2.45, 2.75) is 33.1 Å². The Labute approximate surface area is 155 Å². The number of hydrogen-bond donors (Lipinski definition) is 1. The molecule has 26 heavy (non-hydrogen) atoms. The Kier molecular flexibility index (Phi) is 5.71. The molecule has 0 radical (unpaired) electrons. The number of hydrogen-bond acceptors (Lipinski definition) is 2. The molecule has 136 valence electrons. The van der Waals surface area contributed by atoms with Crippen LogP contribution in [0.5, 0.6) is 0 Å². The van der Waals surface area contributed by atoms with Gasteiger partial charge in [0.2, 0.25) is 5.91 Å². The lowest BCUT2D eigenvalue weighted by Gasteiger charge is -2.32. The first kappa shape index (κ1) is 18.2. The predicted molar refractivity (Wildman–Crippen MR) is 104 cm³/mol. The average molecular weight is 350 g/mol. The Balaban J connectivity index is 1.63. The maximum Gasteiger partial charge on any atom is 0.253 e. The Morgan fingerprint density at radius 3 is 2.62 bits per heavy atom. The molecule has 0 saturated carbocycles. The van der Waals surface area contributed by atoms with Gasteiger partial charge in [-0.15, -0.1) is 0 Å². The SMILES string of the molecule is CCc1ccc(NC(=O)[C@@H]2CCCN(C(=O)c3cccc(C)c3)C2)cc1. The lowest BCUT2D eigenvalue weighted by atomic mass is 9.96. The molecule has 1 aliphatic rings. The summed E-state index contributed by atoms with van der Waals surface area (Å²) in [6.45, 7) is 5.27. The normalized spacial score (nSPS) is 17.0. The van der Waals surface area contributed by atoms with E-state index in [1.54, 1.807) is 0 Å². The smallest absolute Gasteiger partial charge is 0.253 e. The Bertz CT molecular complexity index is 783. The molecule has 1 fully saturated rings. The summed E-state index contributed by atoms with van der Waals surface area (Å²) >= 11 is 0. The summed E-state index contributed by atoms with van der Waals surface area (Å²) in [5, 5.41) is 2.99. The number of likely N-dealkylation sites (tertiary alicyclic amines) is 1. The molecular formula is C22H26N2O2. The fourth-order valence-corrected chi connectivity index (χ4v) is 3.40. The number of amides is 2. The molecule has 0 bridgehead atoms. The van der Waals surface area contributed by atoms with Crippen LogP contribution in [0.15, 0.2) is 48.5 Å². The van der Waals surface area contributed by atoms with Crippen molar-refractivity contribution < 1.29 is 9.59 Å². The van der Waals surface area contributed by atoms with Crippen LogP contribution in [0.1, 0.15) is 41.3 Å². The summed E-state index contributed by atoms with van der Waals surface area (Å²) < 4.78 is 0. The molecule has 1 saturated heterocycles. The van der Waals surface area contributed by atoms with E-state index in [9.17, 15) is 9.59 Å². The molecule has 3 rings (SSSR count). The van der Waals surface area contributed by atoms with Gasteiger partial charge in [0.1, 0.15) is 0 Å². The third kappa shape index (κ3) is 4.31. The van der Waals surface area contributed by atoms with Gasteiger partial charge in [0.05, 0.1) is 5.92 Å². The number of benzene rings is 2. The molecule has 2 amide bonds. The molecular weight excluding hydrogens is 324 g/mol. The molecule has 2 aromatic rings. The minimum absolute atomic E-state index is 0.00371. The highest BCUT2D eigenvalue weighted by Gasteiger charge is 2.29. The number of aryl methyl sites for hydroxylation is 2. The van der Waals surface area contributed by atoms with E-state index in [1.165, 1.54) is 5.56 Å². The van der Waals surface area contributed by atoms with Crippen LogP contribution < -0.4 is 5.32 Å². The van der Waals surface area contributed by atoms with Gasteiger partial charge in [0.15, 0.2) is 0 Å².